The first kappa shape index (κ1) is 27.0. The Kier molecular flexibility index (Phi) is 7.34. The minimum Gasteiger partial charge on any atom is -0.507 e. The number of aryl methyl sites for hydroxylation is 1. The summed E-state index contributed by atoms with van der Waals surface area (Å²) in [6, 6.07) is 18.9. The van der Waals surface area contributed by atoms with Crippen LogP contribution in [0.2, 0.25) is 0 Å². The lowest BCUT2D eigenvalue weighted by Crippen LogP contribution is -2.30. The molecule has 8 heteroatoms. The fraction of sp³-hybridized carbons (Fsp3) is 0.281. The molecule has 1 amide bonds. The summed E-state index contributed by atoms with van der Waals surface area (Å²) in [5.41, 5.74) is 3.41. The summed E-state index contributed by atoms with van der Waals surface area (Å²) in [4.78, 5) is 36.3. The molecule has 1 aliphatic rings. The number of nitrogens with one attached hydrogen (secondary N) is 1. The van der Waals surface area contributed by atoms with Gasteiger partial charge in [-0.05, 0) is 74.2 Å². The minimum atomic E-state index is -0.921. The number of amides is 1. The van der Waals surface area contributed by atoms with E-state index in [1.807, 2.05) is 52.8 Å². The van der Waals surface area contributed by atoms with E-state index in [1.54, 1.807) is 48.5 Å². The van der Waals surface area contributed by atoms with Crippen molar-refractivity contribution in [2.75, 3.05) is 11.5 Å². The predicted octanol–water partition coefficient (Wildman–Crippen LogP) is 6.32. The van der Waals surface area contributed by atoms with Gasteiger partial charge < -0.3 is 19.6 Å². The molecule has 1 atom stereocenters. The number of benzene rings is 3. The van der Waals surface area contributed by atoms with Gasteiger partial charge in [0.25, 0.3) is 5.78 Å². The molecule has 2 heterocycles. The second kappa shape index (κ2) is 10.9. The summed E-state index contributed by atoms with van der Waals surface area (Å²) >= 11 is 0. The van der Waals surface area contributed by atoms with Crippen LogP contribution in [0.3, 0.4) is 0 Å². The molecule has 1 unspecified atom stereocenters. The van der Waals surface area contributed by atoms with Gasteiger partial charge in [0.05, 0.1) is 35.4 Å². The molecule has 0 saturated carbocycles. The van der Waals surface area contributed by atoms with Gasteiger partial charge >= 0.3 is 5.91 Å². The summed E-state index contributed by atoms with van der Waals surface area (Å²) in [5.74, 6) is -0.0973. The monoisotopic (exact) mass is 539 g/mol. The van der Waals surface area contributed by atoms with E-state index in [-0.39, 0.29) is 23.4 Å². The maximum Gasteiger partial charge on any atom is 0.302 e. The van der Waals surface area contributed by atoms with Crippen LogP contribution >= 0.6 is 0 Å². The first-order valence-corrected chi connectivity index (χ1v) is 13.4. The number of hydrogen-bond donors (Lipinski definition) is 2. The van der Waals surface area contributed by atoms with Gasteiger partial charge in [-0.3, -0.25) is 14.5 Å². The average molecular weight is 540 g/mol. The van der Waals surface area contributed by atoms with Crippen LogP contribution in [0.25, 0.3) is 16.8 Å². The Labute approximate surface area is 233 Å². The topological polar surface area (TPSA) is 105 Å². The molecular formula is C32H33N3O5. The Hall–Kier alpha value is -4.59. The van der Waals surface area contributed by atoms with Crippen LogP contribution in [0.4, 0.5) is 5.95 Å². The fourth-order valence-electron chi connectivity index (χ4n) is 4.74. The molecule has 1 fully saturated rings. The Morgan fingerprint density at radius 3 is 2.45 bits per heavy atom. The van der Waals surface area contributed by atoms with Crippen LogP contribution in [0.15, 0.2) is 72.3 Å². The Balaban J connectivity index is 1.64. The summed E-state index contributed by atoms with van der Waals surface area (Å²) in [7, 11) is 0. The van der Waals surface area contributed by atoms with Gasteiger partial charge in [-0.25, -0.2) is 4.98 Å². The van der Waals surface area contributed by atoms with E-state index in [9.17, 15) is 14.7 Å². The number of H-pyrrole nitrogens is 1. The zero-order valence-electron chi connectivity index (χ0n) is 23.3. The summed E-state index contributed by atoms with van der Waals surface area (Å²) in [5, 5.41) is 11.5. The number of carbonyl (C=O) groups excluding carboxylic acids is 2. The largest absolute Gasteiger partial charge is 0.507 e. The van der Waals surface area contributed by atoms with Gasteiger partial charge in [0, 0.05) is 5.56 Å². The number of aliphatic hydroxyl groups is 1. The highest BCUT2D eigenvalue weighted by Gasteiger charge is 2.48. The molecule has 1 aliphatic heterocycles. The molecule has 40 heavy (non-hydrogen) atoms. The molecule has 8 nitrogen and oxygen atoms in total. The van der Waals surface area contributed by atoms with Gasteiger partial charge in [0.2, 0.25) is 5.95 Å². The highest BCUT2D eigenvalue weighted by atomic mass is 16.5. The van der Waals surface area contributed by atoms with Crippen molar-refractivity contribution in [1.29, 1.82) is 0 Å². The smallest absolute Gasteiger partial charge is 0.302 e. The second-order valence-corrected chi connectivity index (χ2v) is 10.7. The number of imidazole rings is 1. The van der Waals surface area contributed by atoms with Crippen molar-refractivity contribution in [3.05, 3.63) is 89.0 Å². The van der Waals surface area contributed by atoms with Crippen molar-refractivity contribution in [3.8, 4) is 11.5 Å². The third-order valence-corrected chi connectivity index (χ3v) is 6.56. The molecular weight excluding hydrogens is 506 g/mol. The number of aliphatic hydroxyl groups excluding tert-OH is 1. The van der Waals surface area contributed by atoms with E-state index in [0.717, 1.165) is 11.1 Å². The number of ether oxygens (including phenoxy) is 2. The number of ketones is 1. The Morgan fingerprint density at radius 2 is 1.75 bits per heavy atom. The van der Waals surface area contributed by atoms with E-state index < -0.39 is 17.7 Å². The van der Waals surface area contributed by atoms with E-state index in [2.05, 4.69) is 9.97 Å². The molecule has 1 aromatic heterocycles. The Bertz CT molecular complexity index is 1600. The number of rotatable bonds is 8. The predicted molar refractivity (Wildman–Crippen MR) is 155 cm³/mol. The number of anilines is 1. The molecule has 0 spiro atoms. The summed E-state index contributed by atoms with van der Waals surface area (Å²) in [6.07, 6.45) is -0.0133. The maximum absolute atomic E-state index is 13.6. The number of hydrogen-bond acceptors (Lipinski definition) is 6. The van der Waals surface area contributed by atoms with Crippen molar-refractivity contribution in [2.45, 2.75) is 46.8 Å². The van der Waals surface area contributed by atoms with Crippen LogP contribution in [0.5, 0.6) is 11.5 Å². The van der Waals surface area contributed by atoms with Crippen molar-refractivity contribution >= 4 is 34.4 Å². The van der Waals surface area contributed by atoms with E-state index in [4.69, 9.17) is 9.47 Å². The lowest BCUT2D eigenvalue weighted by Gasteiger charge is -2.23. The van der Waals surface area contributed by atoms with Gasteiger partial charge in [0.15, 0.2) is 0 Å². The zero-order valence-corrected chi connectivity index (χ0v) is 23.3. The highest BCUT2D eigenvalue weighted by Crippen LogP contribution is 2.42. The van der Waals surface area contributed by atoms with Crippen LogP contribution < -0.4 is 14.4 Å². The molecule has 206 valence electrons. The molecule has 0 bridgehead atoms. The van der Waals surface area contributed by atoms with Gasteiger partial charge in [-0.2, -0.15) is 0 Å². The van der Waals surface area contributed by atoms with Gasteiger partial charge in [-0.1, -0.05) is 44.2 Å². The fourth-order valence-corrected chi connectivity index (χ4v) is 4.74. The van der Waals surface area contributed by atoms with Crippen LogP contribution in [-0.4, -0.2) is 39.5 Å². The number of aromatic nitrogens is 2. The number of carbonyl (C=O) groups is 2. The second-order valence-electron chi connectivity index (χ2n) is 10.7. The first-order chi connectivity index (χ1) is 19.1. The van der Waals surface area contributed by atoms with Gasteiger partial charge in [0.1, 0.15) is 17.3 Å². The minimum absolute atomic E-state index is 0.0133. The summed E-state index contributed by atoms with van der Waals surface area (Å²) in [6.45, 7) is 10.4. The highest BCUT2D eigenvalue weighted by molar-refractivity contribution is 6.51. The van der Waals surface area contributed by atoms with Crippen LogP contribution in [-0.2, 0) is 9.59 Å². The first-order valence-electron chi connectivity index (χ1n) is 13.4. The SMILES string of the molecule is Cc1ccc2nc(N3C(=O)C(=O)/C(=C(/O)c4cccc(OCC(C)C)c4)C3c3ccc(OC(C)C)cc3)[nH]c2c1. The Morgan fingerprint density at radius 1 is 1.00 bits per heavy atom. The van der Waals surface area contributed by atoms with E-state index in [1.165, 1.54) is 4.90 Å². The van der Waals surface area contributed by atoms with Crippen molar-refractivity contribution in [2.24, 2.45) is 5.92 Å². The number of fused-ring (bicyclic) bond motifs is 1. The molecule has 1 saturated heterocycles. The standard InChI is InChI=1S/C32H33N3O5/c1-18(2)17-39-24-8-6-7-22(16-24)29(36)27-28(21-10-12-23(13-11-21)40-19(3)4)35(31(38)30(27)37)32-33-25-14-9-20(5)15-26(25)34-32/h6-16,18-19,28,36H,17H2,1-5H3,(H,33,34)/b29-27+. The summed E-state index contributed by atoms with van der Waals surface area (Å²) < 4.78 is 11.6. The lowest BCUT2D eigenvalue weighted by atomic mass is 9.95. The number of Topliss-reactive ketones (excluding diaryl/α,β-unsaturated/α-hetero) is 1. The molecule has 0 aliphatic carbocycles. The lowest BCUT2D eigenvalue weighted by molar-refractivity contribution is -0.132. The molecule has 3 aromatic carbocycles. The quantitative estimate of drug-likeness (QED) is 0.154. The van der Waals surface area contributed by atoms with Crippen LogP contribution in [0, 0.1) is 12.8 Å². The number of aromatic amines is 1. The van der Waals surface area contributed by atoms with Crippen molar-refractivity contribution in [3.63, 3.8) is 0 Å². The normalized spacial score (nSPS) is 16.9. The molecule has 2 N–H and O–H groups in total. The van der Waals surface area contributed by atoms with Crippen molar-refractivity contribution < 1.29 is 24.2 Å². The molecule has 5 rings (SSSR count). The van der Waals surface area contributed by atoms with Crippen molar-refractivity contribution in [1.82, 2.24) is 9.97 Å². The molecule has 4 aromatic rings. The number of nitrogens with zero attached hydrogens (tertiary/aromatic N) is 2. The third kappa shape index (κ3) is 5.30. The average Bonchev–Trinajstić information content (AvgIpc) is 3.45. The third-order valence-electron chi connectivity index (χ3n) is 6.56. The van der Waals surface area contributed by atoms with Gasteiger partial charge in [-0.15, -0.1) is 0 Å². The maximum atomic E-state index is 13.6. The van der Waals surface area contributed by atoms with Crippen LogP contribution in [0.1, 0.15) is 50.4 Å². The molecule has 0 radical (unpaired) electrons. The zero-order chi connectivity index (χ0) is 28.6. The van der Waals surface area contributed by atoms with E-state index in [0.29, 0.717) is 40.7 Å². The van der Waals surface area contributed by atoms with E-state index >= 15 is 0 Å².